The van der Waals surface area contributed by atoms with E-state index in [1.165, 1.54) is 0 Å². The fourth-order valence-corrected chi connectivity index (χ4v) is 2.60. The van der Waals surface area contributed by atoms with Crippen LogP contribution in [0, 0.1) is 0 Å². The van der Waals surface area contributed by atoms with Crippen molar-refractivity contribution < 1.29 is 71.0 Å². The van der Waals surface area contributed by atoms with Crippen molar-refractivity contribution in [2.75, 3.05) is 0 Å². The van der Waals surface area contributed by atoms with Crippen LogP contribution in [0.5, 0.6) is 0 Å². The molecule has 16 heteroatoms. The molecule has 0 bridgehead atoms. The van der Waals surface area contributed by atoms with E-state index in [-0.39, 0.29) is 0 Å². The molecule has 1 atom stereocenters. The summed E-state index contributed by atoms with van der Waals surface area (Å²) in [5.41, 5.74) is -11.7. The highest BCUT2D eigenvalue weighted by molar-refractivity contribution is 5.48. The van der Waals surface area contributed by atoms with E-state index in [1.54, 1.807) is 0 Å². The second kappa shape index (κ2) is 8.17. The molecule has 32 heavy (non-hydrogen) atoms. The number of hydrogen-bond donors (Lipinski definition) is 1. The lowest BCUT2D eigenvalue weighted by Crippen LogP contribution is -2.41. The summed E-state index contributed by atoms with van der Waals surface area (Å²) in [5, 5.41) is 9.78. The van der Waals surface area contributed by atoms with E-state index < -0.39 is 89.6 Å². The molecule has 0 amide bonds. The van der Waals surface area contributed by atoms with Gasteiger partial charge in [-0.05, 0) is 24.1 Å². The van der Waals surface area contributed by atoms with Gasteiger partial charge < -0.3 is 5.11 Å². The van der Waals surface area contributed by atoms with Crippen LogP contribution in [0.25, 0.3) is 0 Å². The minimum Gasteiger partial charge on any atom is -0.388 e. The van der Waals surface area contributed by atoms with E-state index in [2.05, 4.69) is 0 Å². The minimum absolute atomic E-state index is 0.407. The zero-order valence-corrected chi connectivity index (χ0v) is 15.3. The molecule has 1 N–H and O–H groups in total. The van der Waals surface area contributed by atoms with E-state index in [4.69, 9.17) is 0 Å². The van der Waals surface area contributed by atoms with Crippen LogP contribution in [0.3, 0.4) is 0 Å². The monoisotopic (exact) mass is 504 g/mol. The maximum Gasteiger partial charge on any atom is 0.458 e. The Morgan fingerprint density at radius 2 is 0.938 bits per heavy atom. The van der Waals surface area contributed by atoms with Crippen molar-refractivity contribution >= 4 is 0 Å². The third kappa shape index (κ3) is 4.73. The van der Waals surface area contributed by atoms with Gasteiger partial charge in [0.1, 0.15) is 0 Å². The van der Waals surface area contributed by atoms with Crippen molar-refractivity contribution in [1.29, 1.82) is 0 Å². The van der Waals surface area contributed by atoms with Gasteiger partial charge in [0.15, 0.2) is 0 Å². The average Bonchev–Trinajstić information content (AvgIpc) is 2.57. The molecule has 0 spiro atoms. The lowest BCUT2D eigenvalue weighted by atomic mass is 9.84. The lowest BCUT2D eigenvalue weighted by molar-refractivity contribution is -0.296. The molecule has 0 fully saturated rings. The first kappa shape index (κ1) is 28.2. The van der Waals surface area contributed by atoms with Crippen LogP contribution < -0.4 is 0 Å². The summed E-state index contributed by atoms with van der Waals surface area (Å²) in [7, 11) is 0. The molecule has 1 unspecified atom stereocenters. The smallest absolute Gasteiger partial charge is 0.388 e. The Bertz CT molecular complexity index is 769. The number of aliphatic hydroxyl groups is 1. The van der Waals surface area contributed by atoms with E-state index in [0.29, 0.717) is 0 Å². The van der Waals surface area contributed by atoms with Gasteiger partial charge in [-0.2, -0.15) is 65.9 Å². The van der Waals surface area contributed by atoms with Gasteiger partial charge in [0.25, 0.3) is 0 Å². The highest BCUT2D eigenvalue weighted by Gasteiger charge is 2.66. The van der Waals surface area contributed by atoms with Crippen molar-refractivity contribution in [3.63, 3.8) is 0 Å². The fraction of sp³-hybridized carbons (Fsp3) is 0.625. The molecular weight excluding hydrogens is 493 g/mol. The highest BCUT2D eigenvalue weighted by atomic mass is 19.4. The first-order valence-electron chi connectivity index (χ1n) is 8.15. The maximum absolute atomic E-state index is 14.0. The quantitative estimate of drug-likeness (QED) is 0.399. The second-order valence-electron chi connectivity index (χ2n) is 6.51. The molecule has 1 rings (SSSR count). The standard InChI is InChI=1S/C16H11F15O/c1-2-3-9(32)10-7(12(19,20)15(26,27)28)4-6(11(17,18)14(23,24)25)5-8(10)13(21,22)16(29,30)31/h4-5,9,32H,2-3H2,1H3. The summed E-state index contributed by atoms with van der Waals surface area (Å²) >= 11 is 0. The first-order valence-corrected chi connectivity index (χ1v) is 8.15. The molecule has 0 aliphatic carbocycles. The van der Waals surface area contributed by atoms with E-state index in [0.717, 1.165) is 6.92 Å². The van der Waals surface area contributed by atoms with Crippen LogP contribution in [0.4, 0.5) is 65.9 Å². The van der Waals surface area contributed by atoms with Crippen LogP contribution in [-0.4, -0.2) is 23.6 Å². The number of benzene rings is 1. The van der Waals surface area contributed by atoms with Crippen LogP contribution in [0.15, 0.2) is 12.1 Å². The summed E-state index contributed by atoms with van der Waals surface area (Å²) in [4.78, 5) is 0. The zero-order chi connectivity index (χ0) is 25.7. The molecule has 0 aromatic heterocycles. The molecule has 1 aromatic carbocycles. The Labute approximate surface area is 168 Å². The van der Waals surface area contributed by atoms with Crippen molar-refractivity contribution in [3.05, 3.63) is 34.4 Å². The van der Waals surface area contributed by atoms with E-state index >= 15 is 0 Å². The average molecular weight is 504 g/mol. The van der Waals surface area contributed by atoms with Crippen molar-refractivity contribution in [3.8, 4) is 0 Å². The minimum atomic E-state index is -6.83. The van der Waals surface area contributed by atoms with Crippen LogP contribution in [0.1, 0.15) is 48.1 Å². The predicted molar refractivity (Wildman–Crippen MR) is 76.2 cm³/mol. The number of rotatable bonds is 6. The third-order valence-corrected chi connectivity index (χ3v) is 4.18. The molecule has 1 nitrogen and oxygen atoms in total. The maximum atomic E-state index is 14.0. The summed E-state index contributed by atoms with van der Waals surface area (Å²) < 4.78 is 198. The molecule has 0 aliphatic heterocycles. The summed E-state index contributed by atoms with van der Waals surface area (Å²) in [6.45, 7) is 1.08. The summed E-state index contributed by atoms with van der Waals surface area (Å²) in [6.07, 6.45) is -24.8. The molecule has 0 saturated heterocycles. The topological polar surface area (TPSA) is 20.2 Å². The van der Waals surface area contributed by atoms with E-state index in [9.17, 15) is 71.0 Å². The van der Waals surface area contributed by atoms with Gasteiger partial charge in [-0.3, -0.25) is 0 Å². The number of aliphatic hydroxyl groups excluding tert-OH is 1. The predicted octanol–water partition coefficient (Wildman–Crippen LogP) is 7.48. The number of halogens is 15. The van der Waals surface area contributed by atoms with Gasteiger partial charge >= 0.3 is 36.3 Å². The Hall–Kier alpha value is -1.87. The van der Waals surface area contributed by atoms with Gasteiger partial charge in [-0.15, -0.1) is 0 Å². The van der Waals surface area contributed by atoms with Crippen molar-refractivity contribution in [2.45, 2.75) is 62.2 Å². The fourth-order valence-electron chi connectivity index (χ4n) is 2.60. The zero-order valence-electron chi connectivity index (χ0n) is 15.3. The molecular formula is C16H11F15O. The number of alkyl halides is 15. The normalized spacial score (nSPS) is 15.8. The van der Waals surface area contributed by atoms with Crippen LogP contribution >= 0.6 is 0 Å². The largest absolute Gasteiger partial charge is 0.458 e. The Balaban J connectivity index is 4.31. The lowest BCUT2D eigenvalue weighted by Gasteiger charge is -2.32. The molecule has 1 aromatic rings. The SMILES string of the molecule is CCCC(O)c1c(C(F)(F)C(F)(F)F)cc(C(F)(F)C(F)(F)F)cc1C(F)(F)C(F)(F)F. The van der Waals surface area contributed by atoms with Crippen molar-refractivity contribution in [1.82, 2.24) is 0 Å². The van der Waals surface area contributed by atoms with E-state index in [1.807, 2.05) is 0 Å². The van der Waals surface area contributed by atoms with Gasteiger partial charge in [0.2, 0.25) is 0 Å². The second-order valence-corrected chi connectivity index (χ2v) is 6.51. The summed E-state index contributed by atoms with van der Waals surface area (Å²) in [6, 6.07) is -2.38. The molecule has 0 radical (unpaired) electrons. The first-order chi connectivity index (χ1) is 13.9. The Morgan fingerprint density at radius 1 is 0.625 bits per heavy atom. The summed E-state index contributed by atoms with van der Waals surface area (Å²) in [5.74, 6) is -19.4. The molecule has 0 saturated carbocycles. The number of hydrogen-bond acceptors (Lipinski definition) is 1. The van der Waals surface area contributed by atoms with Gasteiger partial charge in [0.05, 0.1) is 6.10 Å². The van der Waals surface area contributed by atoms with Crippen molar-refractivity contribution in [2.24, 2.45) is 0 Å². The van der Waals surface area contributed by atoms with Gasteiger partial charge in [0, 0.05) is 16.7 Å². The Morgan fingerprint density at radius 3 is 1.19 bits per heavy atom. The van der Waals surface area contributed by atoms with Gasteiger partial charge in [-0.1, -0.05) is 13.3 Å². The van der Waals surface area contributed by atoms with Crippen LogP contribution in [-0.2, 0) is 17.8 Å². The Kier molecular flexibility index (Phi) is 7.19. The molecule has 0 heterocycles. The van der Waals surface area contributed by atoms with Gasteiger partial charge in [-0.25, -0.2) is 0 Å². The third-order valence-electron chi connectivity index (χ3n) is 4.18. The highest BCUT2D eigenvalue weighted by Crippen LogP contribution is 2.55. The molecule has 186 valence electrons. The van der Waals surface area contributed by atoms with Crippen LogP contribution in [0.2, 0.25) is 0 Å². The molecule has 0 aliphatic rings.